The van der Waals surface area contributed by atoms with Gasteiger partial charge in [0, 0.05) is 31.4 Å². The summed E-state index contributed by atoms with van der Waals surface area (Å²) >= 11 is 0. The van der Waals surface area contributed by atoms with E-state index in [-0.39, 0.29) is 11.6 Å². The summed E-state index contributed by atoms with van der Waals surface area (Å²) in [5, 5.41) is 10.3. The van der Waals surface area contributed by atoms with Crippen molar-refractivity contribution in [3.63, 3.8) is 0 Å². The van der Waals surface area contributed by atoms with Crippen molar-refractivity contribution < 1.29 is 5.11 Å². The average Bonchev–Trinajstić information content (AvgIpc) is 2.84. The molecule has 2 N–H and O–H groups in total. The highest BCUT2D eigenvalue weighted by Crippen LogP contribution is 2.22. The summed E-state index contributed by atoms with van der Waals surface area (Å²) < 4.78 is 1.44. The summed E-state index contributed by atoms with van der Waals surface area (Å²) in [7, 11) is 0. The van der Waals surface area contributed by atoms with Gasteiger partial charge in [0.25, 0.3) is 5.56 Å². The van der Waals surface area contributed by atoms with E-state index in [9.17, 15) is 14.7 Å². The molecule has 0 amide bonds. The van der Waals surface area contributed by atoms with Crippen molar-refractivity contribution in [1.29, 1.82) is 0 Å². The molecule has 2 aromatic rings. The average molecular weight is 301 g/mol. The molecule has 1 saturated heterocycles. The topological polar surface area (TPSA) is 78.3 Å². The fraction of sp³-hybridized carbons (Fsp3) is 0.375. The van der Waals surface area contributed by atoms with Gasteiger partial charge in [-0.05, 0) is 12.5 Å². The van der Waals surface area contributed by atoms with Gasteiger partial charge >= 0.3 is 5.69 Å². The lowest BCUT2D eigenvalue weighted by molar-refractivity contribution is 0.141. The minimum absolute atomic E-state index is 0.341. The first-order chi connectivity index (χ1) is 10.5. The maximum atomic E-state index is 12.0. The number of hydrogen-bond donors (Lipinski definition) is 2. The van der Waals surface area contributed by atoms with E-state index in [0.717, 1.165) is 6.54 Å². The highest BCUT2D eigenvalue weighted by molar-refractivity contribution is 5.15. The Morgan fingerprint density at radius 1 is 1.23 bits per heavy atom. The number of aliphatic hydroxyl groups excluding tert-OH is 1. The lowest BCUT2D eigenvalue weighted by Gasteiger charge is -2.17. The molecule has 0 aliphatic carbocycles. The van der Waals surface area contributed by atoms with Crippen LogP contribution in [-0.2, 0) is 6.54 Å². The molecule has 6 heteroatoms. The number of aromatic nitrogens is 2. The quantitative estimate of drug-likeness (QED) is 0.852. The van der Waals surface area contributed by atoms with Gasteiger partial charge in [0.1, 0.15) is 0 Å². The van der Waals surface area contributed by atoms with Crippen LogP contribution in [-0.4, -0.2) is 38.8 Å². The normalized spacial score (nSPS) is 22.1. The number of likely N-dealkylation sites (tertiary alicyclic amines) is 1. The predicted octanol–water partition coefficient (Wildman–Crippen LogP) is 0.263. The van der Waals surface area contributed by atoms with E-state index >= 15 is 0 Å². The van der Waals surface area contributed by atoms with Gasteiger partial charge in [0.2, 0.25) is 0 Å². The van der Waals surface area contributed by atoms with Crippen LogP contribution in [0.2, 0.25) is 0 Å². The number of rotatable bonds is 3. The van der Waals surface area contributed by atoms with Crippen LogP contribution in [0.15, 0.2) is 46.1 Å². The largest absolute Gasteiger partial charge is 0.390 e. The molecular weight excluding hydrogens is 282 g/mol. The molecular formula is C16H19N3O3. The van der Waals surface area contributed by atoms with Crippen LogP contribution in [0.3, 0.4) is 0 Å². The summed E-state index contributed by atoms with van der Waals surface area (Å²) in [6.45, 7) is 3.45. The minimum atomic E-state index is -0.633. The van der Waals surface area contributed by atoms with E-state index in [2.05, 4.69) is 9.88 Å². The standard InChI is InChI=1S/C16H19N3O3/c1-11-7-19(16(22)17-15(11)21)13-9-18(10-14(13)20)8-12-5-3-2-4-6-12/h2-7,13-14,20H,8-10H2,1H3,(H,17,21,22)/t13-,14+/m1/s1. The van der Waals surface area contributed by atoms with Crippen LogP contribution in [0.5, 0.6) is 0 Å². The molecule has 116 valence electrons. The summed E-state index contributed by atoms with van der Waals surface area (Å²) in [6, 6.07) is 9.66. The van der Waals surface area contributed by atoms with Crippen LogP contribution in [0.1, 0.15) is 17.2 Å². The summed E-state index contributed by atoms with van der Waals surface area (Å²) in [5.74, 6) is 0. The fourth-order valence-electron chi connectivity index (χ4n) is 2.92. The first kappa shape index (κ1) is 14.7. The third kappa shape index (κ3) is 2.88. The molecule has 22 heavy (non-hydrogen) atoms. The molecule has 0 saturated carbocycles. The Morgan fingerprint density at radius 2 is 1.95 bits per heavy atom. The van der Waals surface area contributed by atoms with Gasteiger partial charge in [-0.1, -0.05) is 30.3 Å². The molecule has 0 spiro atoms. The summed E-state index contributed by atoms with van der Waals surface area (Å²) in [5.41, 5.74) is 0.782. The first-order valence-corrected chi connectivity index (χ1v) is 7.31. The van der Waals surface area contributed by atoms with Crippen LogP contribution in [0, 0.1) is 6.92 Å². The van der Waals surface area contributed by atoms with Crippen molar-refractivity contribution in [2.45, 2.75) is 25.6 Å². The molecule has 2 atom stereocenters. The molecule has 0 radical (unpaired) electrons. The van der Waals surface area contributed by atoms with Gasteiger partial charge in [-0.3, -0.25) is 19.2 Å². The number of H-pyrrole nitrogens is 1. The van der Waals surface area contributed by atoms with Crippen molar-refractivity contribution in [2.24, 2.45) is 0 Å². The Bertz CT molecular complexity index is 766. The lowest BCUT2D eigenvalue weighted by Crippen LogP contribution is -2.37. The molecule has 3 rings (SSSR count). The van der Waals surface area contributed by atoms with Gasteiger partial charge in [-0.2, -0.15) is 0 Å². The van der Waals surface area contributed by atoms with E-state index in [4.69, 9.17) is 0 Å². The van der Waals surface area contributed by atoms with E-state index in [0.29, 0.717) is 18.7 Å². The Morgan fingerprint density at radius 3 is 2.68 bits per heavy atom. The van der Waals surface area contributed by atoms with Crippen molar-refractivity contribution in [3.8, 4) is 0 Å². The molecule has 1 aromatic heterocycles. The first-order valence-electron chi connectivity index (χ1n) is 7.31. The van der Waals surface area contributed by atoms with Gasteiger partial charge in [-0.15, -0.1) is 0 Å². The lowest BCUT2D eigenvalue weighted by atomic mass is 10.2. The van der Waals surface area contributed by atoms with Crippen LogP contribution >= 0.6 is 0 Å². The third-order valence-electron chi connectivity index (χ3n) is 4.09. The van der Waals surface area contributed by atoms with Crippen molar-refractivity contribution in [2.75, 3.05) is 13.1 Å². The number of hydrogen-bond acceptors (Lipinski definition) is 4. The SMILES string of the molecule is Cc1cn([C@@H]2CN(Cc3ccccc3)C[C@@H]2O)c(=O)[nH]c1=O. The van der Waals surface area contributed by atoms with E-state index in [1.807, 2.05) is 30.3 Å². The minimum Gasteiger partial charge on any atom is -0.390 e. The zero-order chi connectivity index (χ0) is 15.7. The van der Waals surface area contributed by atoms with E-state index < -0.39 is 11.8 Å². The van der Waals surface area contributed by atoms with Crippen LogP contribution in [0.25, 0.3) is 0 Å². The van der Waals surface area contributed by atoms with Crippen LogP contribution in [0.4, 0.5) is 0 Å². The zero-order valence-electron chi connectivity index (χ0n) is 12.4. The number of benzene rings is 1. The Kier molecular flexibility index (Phi) is 3.96. The van der Waals surface area contributed by atoms with Crippen molar-refractivity contribution in [3.05, 3.63) is 68.5 Å². The van der Waals surface area contributed by atoms with Crippen LogP contribution < -0.4 is 11.2 Å². The predicted molar refractivity (Wildman–Crippen MR) is 82.8 cm³/mol. The Hall–Kier alpha value is -2.18. The number of aryl methyl sites for hydroxylation is 1. The number of aromatic amines is 1. The molecule has 1 fully saturated rings. The zero-order valence-corrected chi connectivity index (χ0v) is 12.4. The number of aliphatic hydroxyl groups is 1. The maximum absolute atomic E-state index is 12.0. The molecule has 0 bridgehead atoms. The van der Waals surface area contributed by atoms with E-state index in [1.54, 1.807) is 6.92 Å². The molecule has 0 unspecified atom stereocenters. The molecule has 1 aliphatic rings. The number of β-amino-alcohol motifs (C(OH)–C–C–N with tert-alkyl or cyclic N) is 1. The second kappa shape index (κ2) is 5.90. The Balaban J connectivity index is 1.81. The van der Waals surface area contributed by atoms with Gasteiger partial charge in [-0.25, -0.2) is 4.79 Å². The molecule has 2 heterocycles. The highest BCUT2D eigenvalue weighted by Gasteiger charge is 2.33. The smallest absolute Gasteiger partial charge is 0.328 e. The summed E-state index contributed by atoms with van der Waals surface area (Å²) in [4.78, 5) is 27.8. The monoisotopic (exact) mass is 301 g/mol. The number of nitrogens with one attached hydrogen (secondary N) is 1. The van der Waals surface area contributed by atoms with Gasteiger partial charge < -0.3 is 5.11 Å². The maximum Gasteiger partial charge on any atom is 0.328 e. The second-order valence-electron chi connectivity index (χ2n) is 5.79. The molecule has 6 nitrogen and oxygen atoms in total. The van der Waals surface area contributed by atoms with Gasteiger partial charge in [0.05, 0.1) is 12.1 Å². The van der Waals surface area contributed by atoms with Gasteiger partial charge in [0.15, 0.2) is 0 Å². The van der Waals surface area contributed by atoms with Crippen molar-refractivity contribution in [1.82, 2.24) is 14.5 Å². The Labute approximate surface area is 127 Å². The molecule has 1 aliphatic heterocycles. The second-order valence-corrected chi connectivity index (χ2v) is 5.79. The van der Waals surface area contributed by atoms with E-state index in [1.165, 1.54) is 16.3 Å². The summed E-state index contributed by atoms with van der Waals surface area (Å²) in [6.07, 6.45) is 0.896. The third-order valence-corrected chi connectivity index (χ3v) is 4.09. The highest BCUT2D eigenvalue weighted by atomic mass is 16.3. The molecule has 1 aromatic carbocycles. The fourth-order valence-corrected chi connectivity index (χ4v) is 2.92. The van der Waals surface area contributed by atoms with Crippen molar-refractivity contribution >= 4 is 0 Å². The number of nitrogens with zero attached hydrogens (tertiary/aromatic N) is 2.